The number of carbonyl (C=O) groups is 2. The first kappa shape index (κ1) is 20.3. The second-order valence-corrected chi connectivity index (χ2v) is 6.20. The summed E-state index contributed by atoms with van der Waals surface area (Å²) in [6, 6.07) is 4.54. The molecule has 0 saturated heterocycles. The second-order valence-electron chi connectivity index (χ2n) is 5.90. The second kappa shape index (κ2) is 9.49. The molecule has 1 atom stereocenters. The molecule has 1 unspecified atom stereocenters. The molecular formula is C17H24ClNO5. The number of anilines is 1. The van der Waals surface area contributed by atoms with E-state index in [1.165, 1.54) is 6.07 Å². The zero-order chi connectivity index (χ0) is 18.3. The number of esters is 2. The molecule has 0 aliphatic heterocycles. The highest BCUT2D eigenvalue weighted by Gasteiger charge is 2.17. The maximum atomic E-state index is 12.1. The number of hydrogen-bond donors (Lipinski definition) is 2. The van der Waals surface area contributed by atoms with Crippen LogP contribution in [0.3, 0.4) is 0 Å². The normalized spacial score (nSPS) is 12.2. The molecule has 0 aliphatic carbocycles. The van der Waals surface area contributed by atoms with Crippen molar-refractivity contribution in [2.45, 2.75) is 46.0 Å². The average Bonchev–Trinajstić information content (AvgIpc) is 2.50. The summed E-state index contributed by atoms with van der Waals surface area (Å²) in [5.41, 5.74) is 0.947. The molecule has 1 aromatic rings. The molecular weight excluding hydrogens is 334 g/mol. The molecule has 134 valence electrons. The third-order valence-electron chi connectivity index (χ3n) is 2.81. The molecule has 1 aromatic carbocycles. The minimum Gasteiger partial charge on any atom is -0.459 e. The Kier molecular flexibility index (Phi) is 8.01. The van der Waals surface area contributed by atoms with Crippen molar-refractivity contribution < 1.29 is 24.2 Å². The number of carbonyl (C=O) groups excluding carboxylic acids is 2. The molecule has 0 radical (unpaired) electrons. The molecule has 0 spiro atoms. The number of aliphatic hydroxyl groups excluding tert-OH is 1. The number of alkyl halides is 1. The zero-order valence-corrected chi connectivity index (χ0v) is 15.1. The molecule has 0 saturated carbocycles. The van der Waals surface area contributed by atoms with Gasteiger partial charge in [-0.05, 0) is 45.9 Å². The van der Waals surface area contributed by atoms with E-state index in [0.29, 0.717) is 5.69 Å². The summed E-state index contributed by atoms with van der Waals surface area (Å²) in [4.78, 5) is 24.3. The molecule has 0 fully saturated rings. The minimum absolute atomic E-state index is 0.0737. The Morgan fingerprint density at radius 1 is 1.04 bits per heavy atom. The van der Waals surface area contributed by atoms with Crippen LogP contribution in [-0.2, 0) is 9.47 Å². The van der Waals surface area contributed by atoms with Crippen molar-refractivity contribution in [3.63, 3.8) is 0 Å². The lowest BCUT2D eigenvalue weighted by Gasteiger charge is -2.14. The van der Waals surface area contributed by atoms with Crippen LogP contribution in [0.4, 0.5) is 5.69 Å². The van der Waals surface area contributed by atoms with E-state index in [9.17, 15) is 14.7 Å². The lowest BCUT2D eigenvalue weighted by atomic mass is 10.1. The summed E-state index contributed by atoms with van der Waals surface area (Å²) in [5.74, 6) is -1.00. The Morgan fingerprint density at radius 3 is 1.88 bits per heavy atom. The van der Waals surface area contributed by atoms with Crippen molar-refractivity contribution in [1.29, 1.82) is 0 Å². The third-order valence-corrected chi connectivity index (χ3v) is 3.17. The quantitative estimate of drug-likeness (QED) is 0.549. The molecule has 2 N–H and O–H groups in total. The van der Waals surface area contributed by atoms with Crippen LogP contribution < -0.4 is 5.32 Å². The highest BCUT2D eigenvalue weighted by molar-refractivity contribution is 6.18. The van der Waals surface area contributed by atoms with Gasteiger partial charge in [0.15, 0.2) is 0 Å². The van der Waals surface area contributed by atoms with Crippen molar-refractivity contribution in [2.75, 3.05) is 17.7 Å². The van der Waals surface area contributed by atoms with Gasteiger partial charge < -0.3 is 19.9 Å². The van der Waals surface area contributed by atoms with E-state index in [1.807, 2.05) is 0 Å². The summed E-state index contributed by atoms with van der Waals surface area (Å²) in [7, 11) is 0. The Bertz CT molecular complexity index is 534. The summed E-state index contributed by atoms with van der Waals surface area (Å²) in [5, 5.41) is 12.5. The monoisotopic (exact) mass is 357 g/mol. The number of aliphatic hydroxyl groups is 1. The van der Waals surface area contributed by atoms with Crippen LogP contribution in [0.1, 0.15) is 48.4 Å². The Balaban J connectivity index is 3.08. The average molecular weight is 358 g/mol. The largest absolute Gasteiger partial charge is 0.459 e. The van der Waals surface area contributed by atoms with Crippen LogP contribution in [0.15, 0.2) is 18.2 Å². The van der Waals surface area contributed by atoms with E-state index in [0.717, 1.165) is 0 Å². The zero-order valence-electron chi connectivity index (χ0n) is 14.3. The fourth-order valence-corrected chi connectivity index (χ4v) is 1.93. The molecule has 24 heavy (non-hydrogen) atoms. The van der Waals surface area contributed by atoms with Gasteiger partial charge in [0.2, 0.25) is 0 Å². The van der Waals surface area contributed by atoms with Gasteiger partial charge in [-0.2, -0.15) is 0 Å². The van der Waals surface area contributed by atoms with Crippen molar-refractivity contribution in [2.24, 2.45) is 0 Å². The topological polar surface area (TPSA) is 84.9 Å². The Hall–Kier alpha value is -1.79. The van der Waals surface area contributed by atoms with Crippen molar-refractivity contribution >= 4 is 29.2 Å². The molecule has 0 aromatic heterocycles. The van der Waals surface area contributed by atoms with Gasteiger partial charge in [0.05, 0.1) is 35.3 Å². The number of rotatable bonds is 8. The predicted octanol–water partition coefficient (Wildman–Crippen LogP) is 2.83. The SMILES string of the molecule is CC(C)OC(=O)c1cc(NCC(O)CCl)cc(C(=O)OC(C)C)c1. The van der Waals surface area contributed by atoms with Gasteiger partial charge in [-0.15, -0.1) is 11.6 Å². The van der Waals surface area contributed by atoms with E-state index < -0.39 is 18.0 Å². The molecule has 1 rings (SSSR count). The Morgan fingerprint density at radius 2 is 1.50 bits per heavy atom. The molecule has 0 heterocycles. The predicted molar refractivity (Wildman–Crippen MR) is 92.8 cm³/mol. The number of ether oxygens (including phenoxy) is 2. The summed E-state index contributed by atoms with van der Waals surface area (Å²) in [6.45, 7) is 7.15. The van der Waals surface area contributed by atoms with Crippen LogP contribution in [0.2, 0.25) is 0 Å². The van der Waals surface area contributed by atoms with E-state index >= 15 is 0 Å². The van der Waals surface area contributed by atoms with Crippen LogP contribution in [0.5, 0.6) is 0 Å². The fraction of sp³-hybridized carbons (Fsp3) is 0.529. The molecule has 7 heteroatoms. The first-order valence-electron chi connectivity index (χ1n) is 7.77. The maximum absolute atomic E-state index is 12.1. The van der Waals surface area contributed by atoms with Crippen LogP contribution in [0, 0.1) is 0 Å². The molecule has 0 aliphatic rings. The number of nitrogens with one attached hydrogen (secondary N) is 1. The minimum atomic E-state index is -0.746. The van der Waals surface area contributed by atoms with E-state index in [2.05, 4.69) is 5.32 Å². The number of benzene rings is 1. The molecule has 6 nitrogen and oxygen atoms in total. The van der Waals surface area contributed by atoms with E-state index in [4.69, 9.17) is 21.1 Å². The van der Waals surface area contributed by atoms with Gasteiger partial charge in [0, 0.05) is 12.2 Å². The van der Waals surface area contributed by atoms with Crippen molar-refractivity contribution in [1.82, 2.24) is 0 Å². The van der Waals surface area contributed by atoms with Gasteiger partial charge >= 0.3 is 11.9 Å². The maximum Gasteiger partial charge on any atom is 0.338 e. The highest BCUT2D eigenvalue weighted by Crippen LogP contribution is 2.18. The lowest BCUT2D eigenvalue weighted by molar-refractivity contribution is 0.0377. The summed E-state index contributed by atoms with van der Waals surface area (Å²) < 4.78 is 10.3. The first-order chi connectivity index (χ1) is 11.2. The third kappa shape index (κ3) is 6.76. The summed E-state index contributed by atoms with van der Waals surface area (Å²) in [6.07, 6.45) is -1.31. The summed E-state index contributed by atoms with van der Waals surface area (Å²) >= 11 is 5.56. The lowest BCUT2D eigenvalue weighted by Crippen LogP contribution is -2.21. The van der Waals surface area contributed by atoms with E-state index in [1.54, 1.807) is 39.8 Å². The number of hydrogen-bond acceptors (Lipinski definition) is 6. The van der Waals surface area contributed by atoms with Gasteiger partial charge in [-0.25, -0.2) is 9.59 Å². The molecule has 0 amide bonds. The molecule has 0 bridgehead atoms. The van der Waals surface area contributed by atoms with Crippen molar-refractivity contribution in [3.8, 4) is 0 Å². The van der Waals surface area contributed by atoms with Crippen molar-refractivity contribution in [3.05, 3.63) is 29.3 Å². The van der Waals surface area contributed by atoms with Gasteiger partial charge in [-0.3, -0.25) is 0 Å². The van der Waals surface area contributed by atoms with Gasteiger partial charge in [0.25, 0.3) is 0 Å². The standard InChI is InChI=1S/C17H24ClNO5/c1-10(2)23-16(21)12-5-13(17(22)24-11(3)4)7-14(6-12)19-9-15(20)8-18/h5-7,10-11,15,19-20H,8-9H2,1-4H3. The van der Waals surface area contributed by atoms with Gasteiger partial charge in [-0.1, -0.05) is 0 Å². The fourth-order valence-electron chi connectivity index (χ4n) is 1.82. The Labute approximate surface area is 147 Å². The van der Waals surface area contributed by atoms with Crippen LogP contribution in [-0.4, -0.2) is 47.8 Å². The van der Waals surface area contributed by atoms with Crippen LogP contribution >= 0.6 is 11.6 Å². The number of halogens is 1. The smallest absolute Gasteiger partial charge is 0.338 e. The van der Waals surface area contributed by atoms with E-state index in [-0.39, 0.29) is 35.8 Å². The van der Waals surface area contributed by atoms with Gasteiger partial charge in [0.1, 0.15) is 0 Å². The highest BCUT2D eigenvalue weighted by atomic mass is 35.5. The van der Waals surface area contributed by atoms with Crippen LogP contribution in [0.25, 0.3) is 0 Å². The first-order valence-corrected chi connectivity index (χ1v) is 8.31.